The fraction of sp³-hybridized carbons (Fsp3) is 0.100. The number of ether oxygens (including phenoxy) is 1. The molecule has 3 aromatic rings. The quantitative estimate of drug-likeness (QED) is 0.496. The molecule has 8 heteroatoms. The summed E-state index contributed by atoms with van der Waals surface area (Å²) in [5.41, 5.74) is -0.168. The van der Waals surface area contributed by atoms with Crippen LogP contribution in [-0.2, 0) is 11.8 Å². The number of hydrogen-bond donors (Lipinski definition) is 2. The molecule has 0 amide bonds. The Morgan fingerprint density at radius 1 is 1.25 bits per heavy atom. The number of rotatable bonds is 6. The van der Waals surface area contributed by atoms with E-state index in [-0.39, 0.29) is 11.2 Å². The van der Waals surface area contributed by atoms with Crippen molar-refractivity contribution in [2.45, 2.75) is 0 Å². The maximum atomic E-state index is 12.6. The van der Waals surface area contributed by atoms with Crippen LogP contribution in [0.5, 0.6) is 11.5 Å². The fourth-order valence-corrected chi connectivity index (χ4v) is 2.68. The first-order chi connectivity index (χ1) is 13.4. The molecule has 0 bridgehead atoms. The number of hydrogen-bond acceptors (Lipinski definition) is 6. The molecule has 0 aliphatic heterocycles. The highest BCUT2D eigenvalue weighted by atomic mass is 16.5. The third-order valence-corrected chi connectivity index (χ3v) is 4.01. The molecule has 0 atom stereocenters. The van der Waals surface area contributed by atoms with E-state index in [9.17, 15) is 19.5 Å². The fourth-order valence-electron chi connectivity index (χ4n) is 2.68. The number of nitrogens with zero attached hydrogens (tertiary/aromatic N) is 2. The van der Waals surface area contributed by atoms with Gasteiger partial charge in [-0.05, 0) is 35.9 Å². The number of benzene rings is 1. The van der Waals surface area contributed by atoms with Crippen LogP contribution in [0.1, 0.15) is 15.9 Å². The molecule has 0 aliphatic rings. The van der Waals surface area contributed by atoms with Crippen LogP contribution in [0.2, 0.25) is 0 Å². The van der Waals surface area contributed by atoms with E-state index >= 15 is 0 Å². The van der Waals surface area contributed by atoms with E-state index in [1.165, 1.54) is 23.9 Å². The van der Waals surface area contributed by atoms with Crippen LogP contribution in [0.4, 0.5) is 0 Å². The topological polar surface area (TPSA) is 119 Å². The minimum Gasteiger partial charge on any atom is -0.506 e. The van der Waals surface area contributed by atoms with Gasteiger partial charge in [0.25, 0.3) is 5.56 Å². The SMILES string of the molecule is Cn1c(=O)c(C(=O)C=Cc2cccc(OCC(=O)O)c2)c(O)c2cccnc21. The van der Waals surface area contributed by atoms with Crippen molar-refractivity contribution in [3.63, 3.8) is 0 Å². The highest BCUT2D eigenvalue weighted by molar-refractivity contribution is 6.10. The number of carbonyl (C=O) groups is 2. The van der Waals surface area contributed by atoms with Crippen molar-refractivity contribution in [1.82, 2.24) is 9.55 Å². The second-order valence-corrected chi connectivity index (χ2v) is 5.91. The highest BCUT2D eigenvalue weighted by Crippen LogP contribution is 2.25. The number of fused-ring (bicyclic) bond motifs is 1. The first-order valence-electron chi connectivity index (χ1n) is 8.22. The second-order valence-electron chi connectivity index (χ2n) is 5.91. The molecule has 0 spiro atoms. The molecule has 28 heavy (non-hydrogen) atoms. The Hall–Kier alpha value is -3.94. The number of pyridine rings is 2. The molecular formula is C20H16N2O6. The maximum Gasteiger partial charge on any atom is 0.341 e. The highest BCUT2D eigenvalue weighted by Gasteiger charge is 2.19. The molecule has 8 nitrogen and oxygen atoms in total. The van der Waals surface area contributed by atoms with Crippen molar-refractivity contribution in [1.29, 1.82) is 0 Å². The van der Waals surface area contributed by atoms with Gasteiger partial charge in [0, 0.05) is 13.2 Å². The summed E-state index contributed by atoms with van der Waals surface area (Å²) < 4.78 is 6.29. The smallest absolute Gasteiger partial charge is 0.341 e. The van der Waals surface area contributed by atoms with Gasteiger partial charge < -0.3 is 14.9 Å². The summed E-state index contributed by atoms with van der Waals surface area (Å²) >= 11 is 0. The van der Waals surface area contributed by atoms with Crippen LogP contribution in [0, 0.1) is 0 Å². The third-order valence-electron chi connectivity index (χ3n) is 4.01. The van der Waals surface area contributed by atoms with Gasteiger partial charge >= 0.3 is 5.97 Å². The number of aliphatic carboxylic acids is 1. The Labute approximate surface area is 159 Å². The van der Waals surface area contributed by atoms with Crippen LogP contribution in [0.25, 0.3) is 17.1 Å². The zero-order chi connectivity index (χ0) is 20.3. The Bertz CT molecular complexity index is 1160. The number of carboxylic acids is 1. The van der Waals surface area contributed by atoms with E-state index in [1.54, 1.807) is 36.4 Å². The van der Waals surface area contributed by atoms with Crippen LogP contribution in [0.15, 0.2) is 53.5 Å². The lowest BCUT2D eigenvalue weighted by Crippen LogP contribution is -2.24. The molecule has 0 saturated carbocycles. The number of aromatic nitrogens is 2. The number of aromatic hydroxyl groups is 1. The standard InChI is InChI=1S/C20H16N2O6/c1-22-19-14(6-3-9-21-19)18(26)17(20(22)27)15(23)8-7-12-4-2-5-13(10-12)28-11-16(24)25/h2-10,26H,11H2,1H3,(H,24,25). The molecule has 0 fully saturated rings. The van der Waals surface area contributed by atoms with Crippen LogP contribution < -0.4 is 10.3 Å². The average molecular weight is 380 g/mol. The molecule has 0 aliphatic carbocycles. The van der Waals surface area contributed by atoms with E-state index in [0.29, 0.717) is 16.7 Å². The predicted octanol–water partition coefficient (Wildman–Crippen LogP) is 2.00. The minimum absolute atomic E-state index is 0.272. The molecule has 0 saturated heterocycles. The number of allylic oxidation sites excluding steroid dienone is 1. The molecule has 142 valence electrons. The van der Waals surface area contributed by atoms with Gasteiger partial charge in [-0.1, -0.05) is 18.2 Å². The summed E-state index contributed by atoms with van der Waals surface area (Å²) in [4.78, 5) is 39.7. The lowest BCUT2D eigenvalue weighted by atomic mass is 10.1. The van der Waals surface area contributed by atoms with E-state index in [4.69, 9.17) is 9.84 Å². The van der Waals surface area contributed by atoms with Crippen molar-refractivity contribution < 1.29 is 24.5 Å². The Kier molecular flexibility index (Phi) is 5.21. The van der Waals surface area contributed by atoms with Crippen molar-refractivity contribution in [3.05, 3.63) is 70.2 Å². The molecule has 1 aromatic carbocycles. The lowest BCUT2D eigenvalue weighted by molar-refractivity contribution is -0.139. The van der Waals surface area contributed by atoms with Gasteiger partial charge in [0.2, 0.25) is 0 Å². The van der Waals surface area contributed by atoms with Gasteiger partial charge in [0.15, 0.2) is 12.4 Å². The summed E-state index contributed by atoms with van der Waals surface area (Å²) in [6, 6.07) is 9.62. The second kappa shape index (κ2) is 7.75. The molecule has 2 heterocycles. The molecule has 2 aromatic heterocycles. The summed E-state index contributed by atoms with van der Waals surface area (Å²) in [5, 5.41) is 19.4. The van der Waals surface area contributed by atoms with Gasteiger partial charge in [0.1, 0.15) is 22.7 Å². The van der Waals surface area contributed by atoms with E-state index in [0.717, 1.165) is 6.08 Å². The van der Waals surface area contributed by atoms with E-state index in [1.807, 2.05) is 0 Å². The van der Waals surface area contributed by atoms with Crippen molar-refractivity contribution in [3.8, 4) is 11.5 Å². The predicted molar refractivity (Wildman–Crippen MR) is 102 cm³/mol. The Morgan fingerprint density at radius 2 is 2.04 bits per heavy atom. The van der Waals surface area contributed by atoms with Gasteiger partial charge in [0.05, 0.1) is 5.39 Å². The van der Waals surface area contributed by atoms with Crippen molar-refractivity contribution in [2.24, 2.45) is 7.05 Å². The Morgan fingerprint density at radius 3 is 2.79 bits per heavy atom. The normalized spacial score (nSPS) is 11.0. The van der Waals surface area contributed by atoms with Crippen LogP contribution in [0.3, 0.4) is 0 Å². The van der Waals surface area contributed by atoms with Gasteiger partial charge in [-0.2, -0.15) is 0 Å². The number of aryl methyl sites for hydroxylation is 1. The van der Waals surface area contributed by atoms with E-state index in [2.05, 4.69) is 4.98 Å². The average Bonchev–Trinajstić information content (AvgIpc) is 2.69. The van der Waals surface area contributed by atoms with E-state index < -0.39 is 29.7 Å². The van der Waals surface area contributed by atoms with Gasteiger partial charge in [-0.15, -0.1) is 0 Å². The lowest BCUT2D eigenvalue weighted by Gasteiger charge is -2.09. The van der Waals surface area contributed by atoms with Gasteiger partial charge in [-0.25, -0.2) is 9.78 Å². The summed E-state index contributed by atoms with van der Waals surface area (Å²) in [6.07, 6.45) is 4.10. The van der Waals surface area contributed by atoms with Crippen molar-refractivity contribution in [2.75, 3.05) is 6.61 Å². The maximum absolute atomic E-state index is 12.6. The summed E-state index contributed by atoms with van der Waals surface area (Å²) in [6.45, 7) is -0.485. The first-order valence-corrected chi connectivity index (χ1v) is 8.22. The van der Waals surface area contributed by atoms with Crippen LogP contribution in [-0.4, -0.2) is 38.1 Å². The number of ketones is 1. The zero-order valence-electron chi connectivity index (χ0n) is 14.8. The van der Waals surface area contributed by atoms with Crippen LogP contribution >= 0.6 is 0 Å². The molecule has 0 radical (unpaired) electrons. The zero-order valence-corrected chi connectivity index (χ0v) is 14.8. The monoisotopic (exact) mass is 380 g/mol. The number of carboxylic acid groups (broad SMARTS) is 1. The third kappa shape index (κ3) is 3.75. The molecular weight excluding hydrogens is 364 g/mol. The number of carbonyl (C=O) groups excluding carboxylic acids is 1. The summed E-state index contributed by atoms with van der Waals surface area (Å²) in [7, 11) is 1.47. The largest absolute Gasteiger partial charge is 0.506 e. The van der Waals surface area contributed by atoms with Gasteiger partial charge in [-0.3, -0.25) is 14.2 Å². The Balaban J connectivity index is 1.93. The summed E-state index contributed by atoms with van der Waals surface area (Å²) in [5.74, 6) is -1.86. The molecule has 2 N–H and O–H groups in total. The molecule has 0 unspecified atom stereocenters. The molecule has 3 rings (SSSR count). The first kappa shape index (κ1) is 18.8. The van der Waals surface area contributed by atoms with Crippen molar-refractivity contribution >= 4 is 28.9 Å². The minimum atomic E-state index is -1.10.